The van der Waals surface area contributed by atoms with E-state index >= 15 is 0 Å². The van der Waals surface area contributed by atoms with E-state index in [2.05, 4.69) is 0 Å². The lowest BCUT2D eigenvalue weighted by Gasteiger charge is -2.12. The summed E-state index contributed by atoms with van der Waals surface area (Å²) in [6.07, 6.45) is -3.75. The summed E-state index contributed by atoms with van der Waals surface area (Å²) < 4.78 is 71.9. The van der Waals surface area contributed by atoms with Gasteiger partial charge in [-0.25, -0.2) is 13.2 Å². The van der Waals surface area contributed by atoms with Gasteiger partial charge < -0.3 is 4.74 Å². The van der Waals surface area contributed by atoms with Gasteiger partial charge in [0, 0.05) is 32.7 Å². The average molecular weight is 454 g/mol. The van der Waals surface area contributed by atoms with Crippen molar-refractivity contribution in [3.05, 3.63) is 56.4 Å². The van der Waals surface area contributed by atoms with E-state index in [4.69, 9.17) is 4.74 Å². The smallest absolute Gasteiger partial charge is 0.313 e. The van der Waals surface area contributed by atoms with Crippen molar-refractivity contribution in [1.82, 2.24) is 0 Å². The number of carbonyl (C=O) groups is 1. The van der Waals surface area contributed by atoms with Crippen molar-refractivity contribution < 1.29 is 31.5 Å². The quantitative estimate of drug-likeness (QED) is 0.450. The molecule has 0 aromatic heterocycles. The fourth-order valence-electron chi connectivity index (χ4n) is 2.50. The van der Waals surface area contributed by atoms with Gasteiger partial charge >= 0.3 is 5.92 Å². The second-order valence-corrected chi connectivity index (χ2v) is 6.39. The van der Waals surface area contributed by atoms with Crippen LogP contribution in [0.5, 0.6) is 11.5 Å². The molecular weight excluding hydrogens is 446 g/mol. The minimum absolute atomic E-state index is 0.0141. The first-order valence-electron chi connectivity index (χ1n) is 6.69. The Hall–Kier alpha value is -1.71. The van der Waals surface area contributed by atoms with Crippen LogP contribution in [0.25, 0.3) is 0 Å². The number of benzene rings is 2. The lowest BCUT2D eigenvalue weighted by atomic mass is 10.1. The van der Waals surface area contributed by atoms with Gasteiger partial charge in [0.05, 0.1) is 0 Å². The van der Waals surface area contributed by atoms with E-state index in [9.17, 15) is 26.7 Å². The summed E-state index contributed by atoms with van der Waals surface area (Å²) in [5.74, 6) is -6.12. The van der Waals surface area contributed by atoms with Gasteiger partial charge in [-0.3, -0.25) is 4.79 Å². The molecule has 1 aliphatic carbocycles. The highest BCUT2D eigenvalue weighted by molar-refractivity contribution is 14.1. The molecule has 2 nitrogen and oxygen atoms in total. The zero-order chi connectivity index (χ0) is 17.6. The zero-order valence-corrected chi connectivity index (χ0v) is 13.9. The molecule has 8 heteroatoms. The predicted molar refractivity (Wildman–Crippen MR) is 83.6 cm³/mol. The van der Waals surface area contributed by atoms with E-state index < -0.39 is 35.9 Å². The molecule has 2 aromatic carbocycles. The summed E-state index contributed by atoms with van der Waals surface area (Å²) in [4.78, 5) is 11.8. The summed E-state index contributed by atoms with van der Waals surface area (Å²) in [5.41, 5.74) is -0.753. The molecule has 0 fully saturated rings. The van der Waals surface area contributed by atoms with Crippen LogP contribution in [-0.4, -0.2) is 11.7 Å². The number of ketones is 1. The Balaban J connectivity index is 2.04. The van der Waals surface area contributed by atoms with E-state index in [0.717, 1.165) is 12.1 Å². The number of hydrogen-bond acceptors (Lipinski definition) is 2. The van der Waals surface area contributed by atoms with E-state index in [0.29, 0.717) is 9.64 Å². The van der Waals surface area contributed by atoms with Crippen LogP contribution in [0, 0.1) is 9.39 Å². The lowest BCUT2D eigenvalue weighted by Crippen LogP contribution is -2.24. The summed E-state index contributed by atoms with van der Waals surface area (Å²) in [6.45, 7) is 0. The van der Waals surface area contributed by atoms with Crippen LogP contribution in [0.4, 0.5) is 22.0 Å². The highest BCUT2D eigenvalue weighted by atomic mass is 127. The summed E-state index contributed by atoms with van der Waals surface area (Å²) >= 11 is 1.76. The average Bonchev–Trinajstić information content (AvgIpc) is 2.73. The molecule has 0 unspecified atom stereocenters. The van der Waals surface area contributed by atoms with Crippen LogP contribution in [-0.2, 0) is 6.42 Å². The van der Waals surface area contributed by atoms with Crippen molar-refractivity contribution >= 4 is 28.4 Å². The highest BCUT2D eigenvalue weighted by Gasteiger charge is 2.49. The largest absolute Gasteiger partial charge is 0.457 e. The second kappa shape index (κ2) is 5.98. The topological polar surface area (TPSA) is 26.3 Å². The molecular formula is C16H8F5IO2. The minimum atomic E-state index is -3.54. The Morgan fingerprint density at radius 3 is 2.54 bits per heavy atom. The Morgan fingerprint density at radius 2 is 1.88 bits per heavy atom. The molecule has 0 heterocycles. The molecule has 2 aromatic rings. The summed E-state index contributed by atoms with van der Waals surface area (Å²) in [7, 11) is 0. The highest BCUT2D eigenvalue weighted by Crippen LogP contribution is 2.42. The van der Waals surface area contributed by atoms with Crippen LogP contribution >= 0.6 is 22.6 Å². The van der Waals surface area contributed by atoms with Crippen molar-refractivity contribution in [2.24, 2.45) is 0 Å². The van der Waals surface area contributed by atoms with Crippen LogP contribution in [0.3, 0.4) is 0 Å². The number of carbonyl (C=O) groups excluding carboxylic acids is 1. The van der Waals surface area contributed by atoms with Crippen molar-refractivity contribution in [2.45, 2.75) is 18.8 Å². The molecule has 0 saturated heterocycles. The van der Waals surface area contributed by atoms with Gasteiger partial charge in [-0.1, -0.05) is 0 Å². The third kappa shape index (κ3) is 2.99. The first-order chi connectivity index (χ1) is 11.2. The number of alkyl halides is 4. The Bertz CT molecular complexity index is 835. The van der Waals surface area contributed by atoms with E-state index in [1.165, 1.54) is 12.1 Å². The number of rotatable bonds is 3. The molecule has 0 spiro atoms. The van der Waals surface area contributed by atoms with Crippen LogP contribution < -0.4 is 4.74 Å². The molecule has 0 N–H and O–H groups in total. The molecule has 0 bridgehead atoms. The van der Waals surface area contributed by atoms with Crippen LogP contribution in [0.2, 0.25) is 0 Å². The van der Waals surface area contributed by atoms with Gasteiger partial charge in [0.1, 0.15) is 17.3 Å². The van der Waals surface area contributed by atoms with Crippen molar-refractivity contribution in [3.8, 4) is 11.5 Å². The third-order valence-electron chi connectivity index (χ3n) is 3.55. The van der Waals surface area contributed by atoms with Crippen molar-refractivity contribution in [3.63, 3.8) is 0 Å². The van der Waals surface area contributed by atoms with Gasteiger partial charge in [0.15, 0.2) is 0 Å². The van der Waals surface area contributed by atoms with Crippen LogP contribution in [0.15, 0.2) is 30.3 Å². The molecule has 0 radical (unpaired) electrons. The lowest BCUT2D eigenvalue weighted by molar-refractivity contribution is 0.0166. The van der Waals surface area contributed by atoms with Crippen LogP contribution in [0.1, 0.15) is 27.9 Å². The molecule has 1 aliphatic rings. The minimum Gasteiger partial charge on any atom is -0.457 e. The molecule has 126 valence electrons. The van der Waals surface area contributed by atoms with Gasteiger partial charge in [0.2, 0.25) is 5.78 Å². The number of hydrogen-bond donors (Lipinski definition) is 0. The predicted octanol–water partition coefficient (Wildman–Crippen LogP) is 5.53. The maximum Gasteiger partial charge on any atom is 0.313 e. The fraction of sp³-hybridized carbons (Fsp3) is 0.188. The Labute approximate surface area is 146 Å². The number of halogens is 6. The second-order valence-electron chi connectivity index (χ2n) is 5.23. The van der Waals surface area contributed by atoms with Gasteiger partial charge in [-0.2, -0.15) is 8.78 Å². The molecule has 24 heavy (non-hydrogen) atoms. The van der Waals surface area contributed by atoms with E-state index in [1.807, 2.05) is 0 Å². The Kier molecular flexibility index (Phi) is 4.27. The number of Topliss-reactive ketones (excluding diaryl/α,β-unsaturated/α-hetero) is 1. The number of fused-ring (bicyclic) bond motifs is 1. The first-order valence-corrected chi connectivity index (χ1v) is 7.77. The molecule has 0 atom stereocenters. The maximum atomic E-state index is 13.7. The van der Waals surface area contributed by atoms with Gasteiger partial charge in [-0.15, -0.1) is 0 Å². The molecule has 0 amide bonds. The normalized spacial score (nSPS) is 15.7. The molecule has 0 aliphatic heterocycles. The molecule has 0 saturated carbocycles. The zero-order valence-electron chi connectivity index (χ0n) is 11.8. The summed E-state index contributed by atoms with van der Waals surface area (Å²) in [5, 5.41) is 0. The number of ether oxygens (including phenoxy) is 1. The SMILES string of the molecule is O=C1c2c(I)ccc(Oc3cc(F)cc(C(F)F)c3)c2CC1(F)F. The van der Waals surface area contributed by atoms with E-state index in [-0.39, 0.29) is 22.6 Å². The van der Waals surface area contributed by atoms with Crippen molar-refractivity contribution in [2.75, 3.05) is 0 Å². The monoisotopic (exact) mass is 454 g/mol. The first kappa shape index (κ1) is 17.1. The van der Waals surface area contributed by atoms with Crippen molar-refractivity contribution in [1.29, 1.82) is 0 Å². The maximum absolute atomic E-state index is 13.7. The third-order valence-corrected chi connectivity index (χ3v) is 4.45. The molecule has 3 rings (SSSR count). The van der Waals surface area contributed by atoms with E-state index in [1.54, 1.807) is 22.6 Å². The summed E-state index contributed by atoms with van der Waals surface area (Å²) in [6, 6.07) is 5.20. The Morgan fingerprint density at radius 1 is 1.17 bits per heavy atom. The standard InChI is InChI=1S/C16H8F5IO2/c17-8-3-7(15(18)19)4-9(5-8)24-12-2-1-11(22)13-10(12)6-16(20,21)14(13)23/h1-5,15H,6H2. The van der Waals surface area contributed by atoms with Gasteiger partial charge in [0.25, 0.3) is 6.43 Å². The fourth-order valence-corrected chi connectivity index (χ4v) is 3.25. The van der Waals surface area contributed by atoms with Gasteiger partial charge in [-0.05, 0) is 46.9 Å².